The van der Waals surface area contributed by atoms with Crippen LogP contribution >= 0.6 is 0 Å². The van der Waals surface area contributed by atoms with Crippen LogP contribution in [0.2, 0.25) is 0 Å². The number of carbonyl (C=O) groups is 2. The van der Waals surface area contributed by atoms with Crippen molar-refractivity contribution in [1.82, 2.24) is 9.80 Å². The first-order valence-corrected chi connectivity index (χ1v) is 9.85. The van der Waals surface area contributed by atoms with Gasteiger partial charge in [-0.2, -0.15) is 0 Å². The molecule has 0 aliphatic rings. The van der Waals surface area contributed by atoms with Crippen molar-refractivity contribution in [1.29, 1.82) is 0 Å². The third kappa shape index (κ3) is 9.99. The Morgan fingerprint density at radius 2 is 1.63 bits per heavy atom. The van der Waals surface area contributed by atoms with Crippen LogP contribution in [0.3, 0.4) is 0 Å². The van der Waals surface area contributed by atoms with Crippen LogP contribution in [0.1, 0.15) is 39.5 Å². The van der Waals surface area contributed by atoms with Crippen molar-refractivity contribution < 1.29 is 19.1 Å². The highest BCUT2D eigenvalue weighted by atomic mass is 16.5. The third-order valence-electron chi connectivity index (χ3n) is 4.51. The summed E-state index contributed by atoms with van der Waals surface area (Å²) in [5.74, 6) is 0.589. The van der Waals surface area contributed by atoms with Gasteiger partial charge >= 0.3 is 5.97 Å². The van der Waals surface area contributed by atoms with Gasteiger partial charge in [-0.15, -0.1) is 0 Å². The fraction of sp³-hybridized carbons (Fsp3) is 0.619. The van der Waals surface area contributed by atoms with E-state index in [1.807, 2.05) is 30.3 Å². The topological polar surface area (TPSA) is 59.1 Å². The number of benzene rings is 1. The average molecular weight is 379 g/mol. The lowest BCUT2D eigenvalue weighted by Gasteiger charge is -2.24. The van der Waals surface area contributed by atoms with Gasteiger partial charge in [0.05, 0.1) is 20.1 Å². The summed E-state index contributed by atoms with van der Waals surface area (Å²) in [7, 11) is 1.37. The summed E-state index contributed by atoms with van der Waals surface area (Å²) < 4.78 is 10.3. The first kappa shape index (κ1) is 23.0. The molecule has 0 radical (unpaired) electrons. The smallest absolute Gasteiger partial charge is 0.307 e. The van der Waals surface area contributed by atoms with Gasteiger partial charge in [0.15, 0.2) is 0 Å². The van der Waals surface area contributed by atoms with Gasteiger partial charge < -0.3 is 19.3 Å². The molecular weight excluding hydrogens is 344 g/mol. The van der Waals surface area contributed by atoms with Crippen molar-refractivity contribution in [3.8, 4) is 5.75 Å². The summed E-state index contributed by atoms with van der Waals surface area (Å²) in [5, 5.41) is 0. The van der Waals surface area contributed by atoms with E-state index in [4.69, 9.17) is 9.47 Å². The highest BCUT2D eigenvalue weighted by Crippen LogP contribution is 2.09. The lowest BCUT2D eigenvalue weighted by Crippen LogP contribution is -2.36. The van der Waals surface area contributed by atoms with Gasteiger partial charge in [-0.25, -0.2) is 0 Å². The maximum Gasteiger partial charge on any atom is 0.307 e. The molecule has 0 aromatic heterocycles. The maximum absolute atomic E-state index is 12.6. The minimum absolute atomic E-state index is 0.0649. The van der Waals surface area contributed by atoms with E-state index >= 15 is 0 Å². The molecule has 0 atom stereocenters. The molecule has 0 heterocycles. The molecule has 1 aromatic carbocycles. The van der Waals surface area contributed by atoms with E-state index in [-0.39, 0.29) is 18.3 Å². The molecular formula is C21H34N2O4. The summed E-state index contributed by atoms with van der Waals surface area (Å²) in [4.78, 5) is 28.1. The minimum Gasteiger partial charge on any atom is -0.494 e. The molecule has 1 amide bonds. The van der Waals surface area contributed by atoms with E-state index in [1.165, 1.54) is 7.11 Å². The number of nitrogens with zero attached hydrogens (tertiary/aromatic N) is 2. The lowest BCUT2D eigenvalue weighted by molar-refractivity contribution is -0.141. The van der Waals surface area contributed by atoms with Crippen LogP contribution in [-0.4, -0.2) is 68.1 Å². The monoisotopic (exact) mass is 378 g/mol. The molecule has 0 spiro atoms. The Balaban J connectivity index is 2.41. The van der Waals surface area contributed by atoms with Gasteiger partial charge in [0.1, 0.15) is 5.75 Å². The Hall–Kier alpha value is -2.08. The molecule has 6 nitrogen and oxygen atoms in total. The highest BCUT2D eigenvalue weighted by molar-refractivity contribution is 5.77. The summed E-state index contributed by atoms with van der Waals surface area (Å²) in [6.07, 6.45) is 2.20. The number of carbonyl (C=O) groups excluding carboxylic acids is 2. The van der Waals surface area contributed by atoms with Gasteiger partial charge in [0.2, 0.25) is 5.91 Å². The van der Waals surface area contributed by atoms with E-state index in [2.05, 4.69) is 18.7 Å². The summed E-state index contributed by atoms with van der Waals surface area (Å²) in [6.45, 7) is 8.79. The number of para-hydroxylation sites is 1. The molecule has 0 bridgehead atoms. The third-order valence-corrected chi connectivity index (χ3v) is 4.51. The number of amides is 1. The minimum atomic E-state index is -0.288. The highest BCUT2D eigenvalue weighted by Gasteiger charge is 2.15. The number of hydrogen-bond donors (Lipinski definition) is 0. The standard InChI is InChI=1S/C21H34N2O4/c1-4-22(5-2)15-10-16-23(17-14-21(25)26-3)20(24)13-9-18-27-19-11-7-6-8-12-19/h6-8,11-12H,4-5,9-10,13-18H2,1-3H3. The molecule has 6 heteroatoms. The quantitative estimate of drug-likeness (QED) is 0.368. The predicted octanol–water partition coefficient (Wildman–Crippen LogP) is 2.97. The fourth-order valence-corrected chi connectivity index (χ4v) is 2.80. The van der Waals surface area contributed by atoms with Crippen LogP contribution in [0.5, 0.6) is 5.75 Å². The zero-order valence-corrected chi connectivity index (χ0v) is 17.0. The Morgan fingerprint density at radius 1 is 0.926 bits per heavy atom. The van der Waals surface area contributed by atoms with Gasteiger partial charge in [-0.05, 0) is 44.6 Å². The predicted molar refractivity (Wildman–Crippen MR) is 107 cm³/mol. The maximum atomic E-state index is 12.6. The molecule has 152 valence electrons. The van der Waals surface area contributed by atoms with Gasteiger partial charge in [0, 0.05) is 19.5 Å². The molecule has 27 heavy (non-hydrogen) atoms. The molecule has 1 aromatic rings. The SMILES string of the molecule is CCN(CC)CCCN(CCC(=O)OC)C(=O)CCCOc1ccccc1. The summed E-state index contributed by atoms with van der Waals surface area (Å²) >= 11 is 0. The molecule has 0 aliphatic heterocycles. The first-order chi connectivity index (χ1) is 13.1. The summed E-state index contributed by atoms with van der Waals surface area (Å²) in [6, 6.07) is 9.58. The number of hydrogen-bond acceptors (Lipinski definition) is 5. The van der Waals surface area contributed by atoms with Crippen LogP contribution in [0, 0.1) is 0 Å². The van der Waals surface area contributed by atoms with Crippen molar-refractivity contribution >= 4 is 11.9 Å². The molecule has 0 unspecified atom stereocenters. The molecule has 0 N–H and O–H groups in total. The van der Waals surface area contributed by atoms with Crippen LogP contribution in [0.4, 0.5) is 0 Å². The molecule has 0 fully saturated rings. The molecule has 1 rings (SSSR count). The lowest BCUT2D eigenvalue weighted by atomic mass is 10.2. The second-order valence-electron chi connectivity index (χ2n) is 6.35. The van der Waals surface area contributed by atoms with E-state index in [9.17, 15) is 9.59 Å². The van der Waals surface area contributed by atoms with Crippen molar-refractivity contribution in [2.24, 2.45) is 0 Å². The normalized spacial score (nSPS) is 10.7. The average Bonchev–Trinajstić information content (AvgIpc) is 2.71. The van der Waals surface area contributed by atoms with Gasteiger partial charge in [-0.1, -0.05) is 32.0 Å². The number of esters is 1. The number of ether oxygens (including phenoxy) is 2. The van der Waals surface area contributed by atoms with E-state index < -0.39 is 0 Å². The van der Waals surface area contributed by atoms with Crippen LogP contribution < -0.4 is 4.74 Å². The molecule has 0 aliphatic carbocycles. The van der Waals surface area contributed by atoms with Crippen molar-refractivity contribution in [3.63, 3.8) is 0 Å². The van der Waals surface area contributed by atoms with Crippen molar-refractivity contribution in [2.45, 2.75) is 39.5 Å². The first-order valence-electron chi connectivity index (χ1n) is 9.85. The van der Waals surface area contributed by atoms with Crippen molar-refractivity contribution in [2.75, 3.05) is 46.4 Å². The second kappa shape index (κ2) is 14.0. The van der Waals surface area contributed by atoms with Crippen LogP contribution in [0.25, 0.3) is 0 Å². The van der Waals surface area contributed by atoms with E-state index in [1.54, 1.807) is 4.90 Å². The van der Waals surface area contributed by atoms with Gasteiger partial charge in [0.25, 0.3) is 0 Å². The number of methoxy groups -OCH3 is 1. The molecule has 0 saturated heterocycles. The number of rotatable bonds is 14. The Labute approximate surface area is 163 Å². The summed E-state index contributed by atoms with van der Waals surface area (Å²) in [5.41, 5.74) is 0. The largest absolute Gasteiger partial charge is 0.494 e. The second-order valence-corrected chi connectivity index (χ2v) is 6.35. The van der Waals surface area contributed by atoms with E-state index in [0.717, 1.165) is 31.8 Å². The Bertz CT molecular complexity index is 532. The fourth-order valence-electron chi connectivity index (χ4n) is 2.80. The molecule has 0 saturated carbocycles. The van der Waals surface area contributed by atoms with Crippen LogP contribution in [0.15, 0.2) is 30.3 Å². The zero-order chi connectivity index (χ0) is 19.9. The van der Waals surface area contributed by atoms with Gasteiger partial charge in [-0.3, -0.25) is 9.59 Å². The van der Waals surface area contributed by atoms with E-state index in [0.29, 0.717) is 32.5 Å². The van der Waals surface area contributed by atoms with Crippen LogP contribution in [-0.2, 0) is 14.3 Å². The Kier molecular flexibility index (Phi) is 11.9. The Morgan fingerprint density at radius 3 is 2.26 bits per heavy atom. The zero-order valence-electron chi connectivity index (χ0n) is 17.0. The van der Waals surface area contributed by atoms with Crippen molar-refractivity contribution in [3.05, 3.63) is 30.3 Å².